The van der Waals surface area contributed by atoms with E-state index in [-0.39, 0.29) is 18.4 Å². The molecule has 122 valence electrons. The second-order valence-corrected chi connectivity index (χ2v) is 6.21. The second-order valence-electron chi connectivity index (χ2n) is 6.21. The molecule has 1 aromatic carbocycles. The van der Waals surface area contributed by atoms with Crippen molar-refractivity contribution in [2.24, 2.45) is 11.7 Å². The van der Waals surface area contributed by atoms with Crippen molar-refractivity contribution in [3.63, 3.8) is 0 Å². The van der Waals surface area contributed by atoms with Crippen molar-refractivity contribution >= 4 is 5.91 Å². The molecule has 1 amide bonds. The Morgan fingerprint density at radius 3 is 2.68 bits per heavy atom. The lowest BCUT2D eigenvalue weighted by Gasteiger charge is -2.31. The van der Waals surface area contributed by atoms with Crippen molar-refractivity contribution < 1.29 is 14.6 Å². The number of primary amides is 1. The standard InChI is InChI=1S/C17H26N2O3/c1-12-3-4-16(13(2)9-12)22-11-15(20)10-19-7-5-14(6-8-19)17(18)21/h3-4,9,14-15,20H,5-8,10-11H2,1-2H3,(H2,18,21)/t15-/m1/s1. The SMILES string of the molecule is Cc1ccc(OC[C@H](O)CN2CCC(C(N)=O)CC2)c(C)c1. The Morgan fingerprint density at radius 2 is 2.09 bits per heavy atom. The summed E-state index contributed by atoms with van der Waals surface area (Å²) in [5, 5.41) is 10.1. The number of benzene rings is 1. The molecule has 0 aliphatic carbocycles. The van der Waals surface area contributed by atoms with Gasteiger partial charge in [0, 0.05) is 12.5 Å². The van der Waals surface area contributed by atoms with Crippen LogP contribution in [-0.4, -0.2) is 48.3 Å². The van der Waals surface area contributed by atoms with Gasteiger partial charge in [0.1, 0.15) is 18.5 Å². The van der Waals surface area contributed by atoms with E-state index in [0.717, 1.165) is 37.2 Å². The number of aliphatic hydroxyl groups is 1. The summed E-state index contributed by atoms with van der Waals surface area (Å²) < 4.78 is 5.70. The smallest absolute Gasteiger partial charge is 0.220 e. The van der Waals surface area contributed by atoms with Crippen LogP contribution in [0.25, 0.3) is 0 Å². The summed E-state index contributed by atoms with van der Waals surface area (Å²) in [4.78, 5) is 13.3. The number of hydrogen-bond acceptors (Lipinski definition) is 4. The maximum Gasteiger partial charge on any atom is 0.220 e. The van der Waals surface area contributed by atoms with Crippen LogP contribution in [0.2, 0.25) is 0 Å². The average Bonchev–Trinajstić information content (AvgIpc) is 2.47. The van der Waals surface area contributed by atoms with Crippen LogP contribution in [0, 0.1) is 19.8 Å². The molecule has 1 atom stereocenters. The lowest BCUT2D eigenvalue weighted by molar-refractivity contribution is -0.123. The molecule has 1 saturated heterocycles. The van der Waals surface area contributed by atoms with Gasteiger partial charge in [-0.3, -0.25) is 4.79 Å². The van der Waals surface area contributed by atoms with E-state index in [1.807, 2.05) is 26.0 Å². The summed E-state index contributed by atoms with van der Waals surface area (Å²) in [5.41, 5.74) is 7.60. The number of hydrogen-bond donors (Lipinski definition) is 2. The van der Waals surface area contributed by atoms with Crippen molar-refractivity contribution in [3.05, 3.63) is 29.3 Å². The third-order valence-electron chi connectivity index (χ3n) is 4.22. The van der Waals surface area contributed by atoms with Crippen LogP contribution < -0.4 is 10.5 Å². The second kappa shape index (κ2) is 7.61. The fourth-order valence-corrected chi connectivity index (χ4v) is 2.90. The van der Waals surface area contributed by atoms with Crippen LogP contribution in [0.4, 0.5) is 0 Å². The molecule has 1 heterocycles. The lowest BCUT2D eigenvalue weighted by atomic mass is 9.96. The molecule has 0 aromatic heterocycles. The number of amides is 1. The summed E-state index contributed by atoms with van der Waals surface area (Å²) in [6.07, 6.45) is 1.02. The van der Waals surface area contributed by atoms with E-state index >= 15 is 0 Å². The molecule has 22 heavy (non-hydrogen) atoms. The van der Waals surface area contributed by atoms with Gasteiger partial charge in [-0.25, -0.2) is 0 Å². The maximum atomic E-state index is 11.1. The Morgan fingerprint density at radius 1 is 1.41 bits per heavy atom. The number of carbonyl (C=O) groups is 1. The number of piperidine rings is 1. The van der Waals surface area contributed by atoms with Crippen molar-refractivity contribution in [2.45, 2.75) is 32.8 Å². The van der Waals surface area contributed by atoms with Crippen LogP contribution >= 0.6 is 0 Å². The molecular weight excluding hydrogens is 280 g/mol. The van der Waals surface area contributed by atoms with Gasteiger partial charge < -0.3 is 20.5 Å². The van der Waals surface area contributed by atoms with Crippen LogP contribution in [0.1, 0.15) is 24.0 Å². The number of carbonyl (C=O) groups excluding carboxylic acids is 1. The maximum absolute atomic E-state index is 11.1. The van der Waals surface area contributed by atoms with E-state index < -0.39 is 6.10 Å². The number of aliphatic hydroxyl groups excluding tert-OH is 1. The summed E-state index contributed by atoms with van der Waals surface area (Å²) in [6.45, 7) is 6.49. The van der Waals surface area contributed by atoms with Gasteiger partial charge in [0.15, 0.2) is 0 Å². The first-order chi connectivity index (χ1) is 10.5. The molecule has 0 spiro atoms. The first kappa shape index (κ1) is 16.8. The highest BCUT2D eigenvalue weighted by Crippen LogP contribution is 2.20. The third kappa shape index (κ3) is 4.71. The summed E-state index contributed by atoms with van der Waals surface area (Å²) in [7, 11) is 0. The van der Waals surface area contributed by atoms with E-state index in [1.165, 1.54) is 5.56 Å². The predicted molar refractivity (Wildman–Crippen MR) is 85.8 cm³/mol. The van der Waals surface area contributed by atoms with Gasteiger partial charge in [-0.1, -0.05) is 17.7 Å². The molecule has 1 fully saturated rings. The minimum atomic E-state index is -0.536. The van der Waals surface area contributed by atoms with Gasteiger partial charge >= 0.3 is 0 Å². The van der Waals surface area contributed by atoms with Crippen LogP contribution in [-0.2, 0) is 4.79 Å². The average molecular weight is 306 g/mol. The van der Waals surface area contributed by atoms with Crippen molar-refractivity contribution in [1.82, 2.24) is 4.90 Å². The van der Waals surface area contributed by atoms with E-state index in [2.05, 4.69) is 11.0 Å². The highest BCUT2D eigenvalue weighted by Gasteiger charge is 2.24. The molecule has 1 aliphatic heterocycles. The normalized spacial score (nSPS) is 18.1. The van der Waals surface area contributed by atoms with E-state index in [4.69, 9.17) is 10.5 Å². The topological polar surface area (TPSA) is 75.8 Å². The predicted octanol–water partition coefficient (Wildman–Crippen LogP) is 1.24. The molecule has 0 saturated carbocycles. The summed E-state index contributed by atoms with van der Waals surface area (Å²) in [5.74, 6) is 0.593. The fourth-order valence-electron chi connectivity index (χ4n) is 2.90. The highest BCUT2D eigenvalue weighted by molar-refractivity contribution is 5.76. The first-order valence-corrected chi connectivity index (χ1v) is 7.85. The monoisotopic (exact) mass is 306 g/mol. The summed E-state index contributed by atoms with van der Waals surface area (Å²) in [6, 6.07) is 6.01. The number of ether oxygens (including phenoxy) is 1. The zero-order chi connectivity index (χ0) is 16.1. The Balaban J connectivity index is 1.74. The minimum absolute atomic E-state index is 0.0140. The van der Waals surface area contributed by atoms with Gasteiger partial charge in [-0.2, -0.15) is 0 Å². The zero-order valence-corrected chi connectivity index (χ0v) is 13.4. The van der Waals surface area contributed by atoms with Gasteiger partial charge in [0.05, 0.1) is 0 Å². The Bertz CT molecular complexity index is 511. The molecule has 0 unspecified atom stereocenters. The molecule has 2 rings (SSSR count). The fraction of sp³-hybridized carbons (Fsp3) is 0.588. The first-order valence-electron chi connectivity index (χ1n) is 7.85. The molecule has 0 radical (unpaired) electrons. The largest absolute Gasteiger partial charge is 0.491 e. The quantitative estimate of drug-likeness (QED) is 0.829. The molecule has 0 bridgehead atoms. The Hall–Kier alpha value is -1.59. The number of nitrogens with two attached hydrogens (primary N) is 1. The number of β-amino-alcohol motifs (C(OH)–C–C–N with tert-alkyl or cyclic N) is 1. The molecule has 5 heteroatoms. The zero-order valence-electron chi connectivity index (χ0n) is 13.4. The molecule has 1 aromatic rings. The van der Waals surface area contributed by atoms with Gasteiger partial charge in [0.25, 0.3) is 0 Å². The molecule has 5 nitrogen and oxygen atoms in total. The Kier molecular flexibility index (Phi) is 5.80. The number of rotatable bonds is 6. The Labute approximate surface area is 132 Å². The number of aryl methyl sites for hydroxylation is 2. The van der Waals surface area contributed by atoms with E-state index in [0.29, 0.717) is 6.54 Å². The van der Waals surface area contributed by atoms with Crippen LogP contribution in [0.5, 0.6) is 5.75 Å². The minimum Gasteiger partial charge on any atom is -0.491 e. The molecule has 3 N–H and O–H groups in total. The van der Waals surface area contributed by atoms with Gasteiger partial charge in [-0.15, -0.1) is 0 Å². The van der Waals surface area contributed by atoms with Crippen molar-refractivity contribution in [3.8, 4) is 5.75 Å². The molecule has 1 aliphatic rings. The van der Waals surface area contributed by atoms with Crippen LogP contribution in [0.15, 0.2) is 18.2 Å². The van der Waals surface area contributed by atoms with Crippen LogP contribution in [0.3, 0.4) is 0 Å². The van der Waals surface area contributed by atoms with Gasteiger partial charge in [0.2, 0.25) is 5.91 Å². The number of nitrogens with zero attached hydrogens (tertiary/aromatic N) is 1. The van der Waals surface area contributed by atoms with Gasteiger partial charge in [-0.05, 0) is 51.4 Å². The lowest BCUT2D eigenvalue weighted by Crippen LogP contribution is -2.43. The highest BCUT2D eigenvalue weighted by atomic mass is 16.5. The molecular formula is C17H26N2O3. The third-order valence-corrected chi connectivity index (χ3v) is 4.22. The number of likely N-dealkylation sites (tertiary alicyclic amines) is 1. The van der Waals surface area contributed by atoms with E-state index in [1.54, 1.807) is 0 Å². The summed E-state index contributed by atoms with van der Waals surface area (Å²) >= 11 is 0. The van der Waals surface area contributed by atoms with Crippen molar-refractivity contribution in [2.75, 3.05) is 26.2 Å². The van der Waals surface area contributed by atoms with Crippen molar-refractivity contribution in [1.29, 1.82) is 0 Å². The van der Waals surface area contributed by atoms with E-state index in [9.17, 15) is 9.90 Å².